The Bertz CT molecular complexity index is 1270. The predicted octanol–water partition coefficient (Wildman–Crippen LogP) is 2.12. The lowest BCUT2D eigenvalue weighted by atomic mass is 10.1. The number of benzene rings is 1. The topological polar surface area (TPSA) is 172 Å². The number of nitrogens with zero attached hydrogens (tertiary/aromatic N) is 2. The smallest absolute Gasteiger partial charge is 0.273 e. The van der Waals surface area contributed by atoms with E-state index in [1.807, 2.05) is 0 Å². The molecule has 1 aliphatic rings. The van der Waals surface area contributed by atoms with Crippen molar-refractivity contribution >= 4 is 40.6 Å². The maximum Gasteiger partial charge on any atom is 0.273 e. The van der Waals surface area contributed by atoms with Gasteiger partial charge in [-0.25, -0.2) is 0 Å². The first kappa shape index (κ1) is 26.0. The summed E-state index contributed by atoms with van der Waals surface area (Å²) >= 11 is 0.708. The van der Waals surface area contributed by atoms with Crippen LogP contribution in [-0.2, 0) is 9.53 Å². The van der Waals surface area contributed by atoms with Crippen LogP contribution in [0, 0.1) is 0 Å². The van der Waals surface area contributed by atoms with Crippen LogP contribution >= 0.6 is 11.5 Å². The molecule has 1 saturated heterocycles. The minimum atomic E-state index is -1.25. The summed E-state index contributed by atoms with van der Waals surface area (Å²) in [5.41, 5.74) is 11.3. The highest BCUT2D eigenvalue weighted by molar-refractivity contribution is 7.09. The van der Waals surface area contributed by atoms with E-state index in [1.54, 1.807) is 30.3 Å². The lowest BCUT2D eigenvalue weighted by Crippen LogP contribution is -2.45. The second-order valence-corrected chi connectivity index (χ2v) is 8.92. The number of furan rings is 1. The molecule has 2 aromatic heterocycles. The summed E-state index contributed by atoms with van der Waals surface area (Å²) < 4.78 is 25.9. The van der Waals surface area contributed by atoms with E-state index < -0.39 is 23.8 Å². The second-order valence-electron chi connectivity index (χ2n) is 8.15. The number of rotatable bonds is 10. The minimum absolute atomic E-state index is 0.0629. The Morgan fingerprint density at radius 1 is 1.24 bits per heavy atom. The fraction of sp³-hybridized carbons (Fsp3) is 0.333. The Morgan fingerprint density at radius 3 is 2.62 bits per heavy atom. The first-order valence-electron chi connectivity index (χ1n) is 11.4. The number of hydrogen-bond acceptors (Lipinski definition) is 10. The molecule has 5 N–H and O–H groups in total. The second kappa shape index (κ2) is 11.3. The van der Waals surface area contributed by atoms with Crippen LogP contribution in [0.2, 0.25) is 0 Å². The number of nitrogens with one attached hydrogen (secondary N) is 1. The molecule has 0 unspecified atom stereocenters. The maximum atomic E-state index is 14.0. The SMILES string of the molecule is COc1ccc(N(C(=O)c2snc(C(N)=O)c2N)[C@H](C(=O)NC[C@H]2CCCO2)c2ccco2)cc1OC. The van der Waals surface area contributed by atoms with Crippen molar-refractivity contribution in [2.24, 2.45) is 5.73 Å². The van der Waals surface area contributed by atoms with Gasteiger partial charge in [0.25, 0.3) is 17.7 Å². The summed E-state index contributed by atoms with van der Waals surface area (Å²) in [6.07, 6.45) is 3.00. The summed E-state index contributed by atoms with van der Waals surface area (Å²) in [6.45, 7) is 0.893. The molecule has 0 aliphatic carbocycles. The van der Waals surface area contributed by atoms with E-state index in [9.17, 15) is 14.4 Å². The van der Waals surface area contributed by atoms with Crippen molar-refractivity contribution in [1.29, 1.82) is 0 Å². The molecule has 12 nitrogen and oxygen atoms in total. The lowest BCUT2D eigenvalue weighted by molar-refractivity contribution is -0.123. The average Bonchev–Trinajstić information content (AvgIpc) is 3.67. The van der Waals surface area contributed by atoms with Crippen molar-refractivity contribution in [3.8, 4) is 11.5 Å². The van der Waals surface area contributed by atoms with E-state index in [1.165, 1.54) is 25.4 Å². The van der Waals surface area contributed by atoms with Gasteiger partial charge in [-0.05, 0) is 48.6 Å². The van der Waals surface area contributed by atoms with E-state index in [2.05, 4.69) is 9.69 Å². The van der Waals surface area contributed by atoms with Gasteiger partial charge in [0.1, 0.15) is 10.6 Å². The van der Waals surface area contributed by atoms with Gasteiger partial charge < -0.3 is 35.4 Å². The maximum absolute atomic E-state index is 14.0. The zero-order chi connectivity index (χ0) is 26.5. The number of nitrogen functional groups attached to an aromatic ring is 1. The molecular formula is C24H27N5O7S. The van der Waals surface area contributed by atoms with Gasteiger partial charge in [-0.15, -0.1) is 0 Å². The van der Waals surface area contributed by atoms with Crippen LogP contribution in [0.15, 0.2) is 41.0 Å². The van der Waals surface area contributed by atoms with Gasteiger partial charge >= 0.3 is 0 Å². The minimum Gasteiger partial charge on any atom is -0.493 e. The molecule has 1 fully saturated rings. The highest BCUT2D eigenvalue weighted by Crippen LogP contribution is 2.38. The van der Waals surface area contributed by atoms with E-state index in [-0.39, 0.29) is 40.4 Å². The van der Waals surface area contributed by atoms with Crippen molar-refractivity contribution in [2.45, 2.75) is 25.0 Å². The van der Waals surface area contributed by atoms with Gasteiger partial charge in [0.15, 0.2) is 23.2 Å². The number of nitrogens with two attached hydrogens (primary N) is 2. The van der Waals surface area contributed by atoms with Gasteiger partial charge in [-0.3, -0.25) is 19.3 Å². The predicted molar refractivity (Wildman–Crippen MR) is 135 cm³/mol. The fourth-order valence-corrected chi connectivity index (χ4v) is 4.78. The first-order valence-corrected chi connectivity index (χ1v) is 12.2. The zero-order valence-corrected chi connectivity index (χ0v) is 21.1. The van der Waals surface area contributed by atoms with Crippen LogP contribution in [0.4, 0.5) is 11.4 Å². The highest BCUT2D eigenvalue weighted by Gasteiger charge is 2.38. The van der Waals surface area contributed by atoms with Gasteiger partial charge in [-0.1, -0.05) is 0 Å². The van der Waals surface area contributed by atoms with E-state index in [4.69, 9.17) is 30.1 Å². The number of hydrogen-bond donors (Lipinski definition) is 3. The van der Waals surface area contributed by atoms with E-state index in [0.717, 1.165) is 12.8 Å². The third-order valence-electron chi connectivity index (χ3n) is 5.87. The third kappa shape index (κ3) is 5.37. The number of carbonyl (C=O) groups is 3. The molecular weight excluding hydrogens is 502 g/mol. The number of anilines is 2. The Hall–Kier alpha value is -4.10. The first-order chi connectivity index (χ1) is 17.8. The highest BCUT2D eigenvalue weighted by atomic mass is 32.1. The molecule has 0 bridgehead atoms. The normalized spacial score (nSPS) is 15.7. The molecule has 13 heteroatoms. The van der Waals surface area contributed by atoms with Gasteiger partial charge in [-0.2, -0.15) is 4.37 Å². The van der Waals surface area contributed by atoms with E-state index in [0.29, 0.717) is 29.6 Å². The van der Waals surface area contributed by atoms with Gasteiger partial charge in [0.2, 0.25) is 0 Å². The summed E-state index contributed by atoms with van der Waals surface area (Å²) in [5.74, 6) is -1.13. The standard InChI is InChI=1S/C24H27N5O7S/c1-33-15-8-7-13(11-17(15)34-2)29(24(32)21-18(25)19(22(26)30)28-37-21)20(16-6-4-10-36-16)23(31)27-12-14-5-3-9-35-14/h4,6-8,10-11,14,20H,3,5,9,12,25H2,1-2H3,(H2,26,30)(H,27,31)/t14-,20+/m1/s1. The van der Waals surface area contributed by atoms with Gasteiger partial charge in [0, 0.05) is 24.9 Å². The molecule has 3 aromatic rings. The summed E-state index contributed by atoms with van der Waals surface area (Å²) in [4.78, 5) is 40.5. The zero-order valence-electron chi connectivity index (χ0n) is 20.3. The molecule has 3 amide bonds. The van der Waals surface area contributed by atoms with Crippen LogP contribution in [-0.4, -0.2) is 55.6 Å². The van der Waals surface area contributed by atoms with Crippen LogP contribution in [0.25, 0.3) is 0 Å². The van der Waals surface area contributed by atoms with Crippen LogP contribution < -0.4 is 31.2 Å². The number of primary amides is 1. The van der Waals surface area contributed by atoms with Crippen molar-refractivity contribution < 1.29 is 33.0 Å². The molecule has 1 aliphatic heterocycles. The Kier molecular flexibility index (Phi) is 7.94. The monoisotopic (exact) mass is 529 g/mol. The summed E-state index contributed by atoms with van der Waals surface area (Å²) in [5, 5.41) is 2.87. The van der Waals surface area contributed by atoms with Crippen molar-refractivity contribution in [3.05, 3.63) is 52.9 Å². The van der Waals surface area contributed by atoms with Crippen LogP contribution in [0.1, 0.15) is 44.8 Å². The Balaban J connectivity index is 1.81. The number of amides is 3. The Labute approximate surface area is 216 Å². The number of ether oxygens (including phenoxy) is 3. The van der Waals surface area contributed by atoms with Crippen molar-refractivity contribution in [2.75, 3.05) is 38.0 Å². The quantitative estimate of drug-likeness (QED) is 0.355. The molecule has 3 heterocycles. The molecule has 4 rings (SSSR count). The summed E-state index contributed by atoms with van der Waals surface area (Å²) in [7, 11) is 2.93. The lowest BCUT2D eigenvalue weighted by Gasteiger charge is -2.30. The molecule has 1 aromatic carbocycles. The third-order valence-corrected chi connectivity index (χ3v) is 6.72. The molecule has 196 valence electrons. The molecule has 37 heavy (non-hydrogen) atoms. The molecule has 0 saturated carbocycles. The van der Waals surface area contributed by atoms with Crippen LogP contribution in [0.5, 0.6) is 11.5 Å². The van der Waals surface area contributed by atoms with E-state index >= 15 is 0 Å². The number of methoxy groups -OCH3 is 2. The molecule has 0 radical (unpaired) electrons. The largest absolute Gasteiger partial charge is 0.493 e. The fourth-order valence-electron chi connectivity index (χ4n) is 4.03. The van der Waals surface area contributed by atoms with Crippen LogP contribution in [0.3, 0.4) is 0 Å². The number of carbonyl (C=O) groups excluding carboxylic acids is 3. The summed E-state index contributed by atoms with van der Waals surface area (Å²) in [6, 6.07) is 6.69. The van der Waals surface area contributed by atoms with Gasteiger partial charge in [0.05, 0.1) is 32.3 Å². The Morgan fingerprint density at radius 2 is 2.03 bits per heavy atom. The van der Waals surface area contributed by atoms with Crippen molar-refractivity contribution in [3.63, 3.8) is 0 Å². The van der Waals surface area contributed by atoms with Crippen molar-refractivity contribution in [1.82, 2.24) is 9.69 Å². The molecule has 0 spiro atoms. The molecule has 2 atom stereocenters. The average molecular weight is 530 g/mol. The number of aromatic nitrogens is 1.